The second-order valence-electron chi connectivity index (χ2n) is 4.60. The smallest absolute Gasteiger partial charge is 0.249 e. The van der Waals surface area contributed by atoms with Gasteiger partial charge in [0.2, 0.25) is 5.91 Å². The first-order valence-corrected chi connectivity index (χ1v) is 5.48. The van der Waals surface area contributed by atoms with E-state index in [0.29, 0.717) is 13.0 Å². The second kappa shape index (κ2) is 7.24. The first kappa shape index (κ1) is 15.9. The molecule has 0 aliphatic rings. The zero-order valence-electron chi connectivity index (χ0n) is 10.9. The molecule has 0 aliphatic heterocycles. The second-order valence-corrected chi connectivity index (χ2v) is 4.60. The predicted molar refractivity (Wildman–Crippen MR) is 64.6 cm³/mol. The number of amides is 1. The zero-order valence-corrected chi connectivity index (χ0v) is 10.9. The maximum absolute atomic E-state index is 11.5. The molecule has 0 bridgehead atoms. The van der Waals surface area contributed by atoms with Crippen molar-refractivity contribution in [3.63, 3.8) is 0 Å². The van der Waals surface area contributed by atoms with Crippen LogP contribution in [0.25, 0.3) is 0 Å². The number of oxime groups is 1. The summed E-state index contributed by atoms with van der Waals surface area (Å²) in [4.78, 5) is 16.1. The summed E-state index contributed by atoms with van der Waals surface area (Å²) in [5, 5.41) is 25.0. The average Bonchev–Trinajstić information content (AvgIpc) is 2.28. The number of aliphatic hydroxyl groups is 2. The van der Waals surface area contributed by atoms with Crippen LogP contribution in [0.3, 0.4) is 0 Å². The molecule has 1 atom stereocenters. The van der Waals surface area contributed by atoms with Crippen molar-refractivity contribution in [2.75, 3.05) is 20.3 Å². The normalized spacial score (nSPS) is 14.4. The number of hydrogen-bond donors (Lipinski definition) is 3. The lowest BCUT2D eigenvalue weighted by Crippen LogP contribution is -2.45. The molecule has 0 aromatic heterocycles. The molecule has 0 unspecified atom stereocenters. The van der Waals surface area contributed by atoms with E-state index in [0.717, 1.165) is 5.71 Å². The summed E-state index contributed by atoms with van der Waals surface area (Å²) in [5.41, 5.74) is -0.0940. The van der Waals surface area contributed by atoms with Gasteiger partial charge in [-0.15, -0.1) is 0 Å². The van der Waals surface area contributed by atoms with E-state index in [2.05, 4.69) is 15.3 Å². The minimum Gasteiger partial charge on any atom is -0.399 e. The van der Waals surface area contributed by atoms with Crippen LogP contribution in [0.2, 0.25) is 0 Å². The molecule has 0 saturated heterocycles. The Kier molecular flexibility index (Phi) is 6.75. The fraction of sp³-hybridized carbons (Fsp3) is 0.818. The van der Waals surface area contributed by atoms with Crippen LogP contribution in [0, 0.1) is 5.41 Å². The standard InChI is InChI=1S/C11H22N2O4/c1-8(13-17-4)5-6-12-10(16)9(15)11(2,3)7-14/h9,14-15H,5-7H2,1-4H3,(H,12,16)/b13-8+/t9-/m1/s1. The Hall–Kier alpha value is -1.14. The van der Waals surface area contributed by atoms with E-state index in [1.165, 1.54) is 7.11 Å². The van der Waals surface area contributed by atoms with E-state index < -0.39 is 17.4 Å². The summed E-state index contributed by atoms with van der Waals surface area (Å²) < 4.78 is 0. The summed E-state index contributed by atoms with van der Waals surface area (Å²) in [7, 11) is 1.45. The molecule has 0 fully saturated rings. The Labute approximate surface area is 102 Å². The van der Waals surface area contributed by atoms with Crippen molar-refractivity contribution in [2.45, 2.75) is 33.3 Å². The van der Waals surface area contributed by atoms with Gasteiger partial charge in [-0.3, -0.25) is 4.79 Å². The van der Waals surface area contributed by atoms with Gasteiger partial charge in [0.05, 0.1) is 12.3 Å². The van der Waals surface area contributed by atoms with Crippen molar-refractivity contribution in [2.24, 2.45) is 10.6 Å². The van der Waals surface area contributed by atoms with Crippen LogP contribution >= 0.6 is 0 Å². The Bertz CT molecular complexity index is 277. The molecule has 0 aromatic carbocycles. The largest absolute Gasteiger partial charge is 0.399 e. The highest BCUT2D eigenvalue weighted by Gasteiger charge is 2.32. The van der Waals surface area contributed by atoms with Crippen LogP contribution in [0.1, 0.15) is 27.2 Å². The molecule has 0 radical (unpaired) electrons. The number of carbonyl (C=O) groups excluding carboxylic acids is 1. The summed E-state index contributed by atoms with van der Waals surface area (Å²) in [5.74, 6) is -0.491. The van der Waals surface area contributed by atoms with Gasteiger partial charge in [0, 0.05) is 18.4 Å². The third kappa shape index (κ3) is 5.65. The highest BCUT2D eigenvalue weighted by atomic mass is 16.6. The molecule has 3 N–H and O–H groups in total. The fourth-order valence-electron chi connectivity index (χ4n) is 1.11. The molecule has 0 heterocycles. The Morgan fingerprint density at radius 2 is 2.12 bits per heavy atom. The van der Waals surface area contributed by atoms with E-state index in [9.17, 15) is 9.90 Å². The first-order chi connectivity index (χ1) is 7.85. The van der Waals surface area contributed by atoms with Crippen molar-refractivity contribution in [1.29, 1.82) is 0 Å². The van der Waals surface area contributed by atoms with E-state index in [4.69, 9.17) is 5.11 Å². The van der Waals surface area contributed by atoms with Crippen LogP contribution in [-0.4, -0.2) is 48.2 Å². The minimum atomic E-state index is -1.23. The van der Waals surface area contributed by atoms with Gasteiger partial charge >= 0.3 is 0 Å². The molecule has 6 heteroatoms. The number of aliphatic hydroxyl groups excluding tert-OH is 2. The molecule has 0 saturated carbocycles. The van der Waals surface area contributed by atoms with Crippen molar-refractivity contribution >= 4 is 11.6 Å². The summed E-state index contributed by atoms with van der Waals surface area (Å²) in [6.07, 6.45) is -0.682. The van der Waals surface area contributed by atoms with E-state index in [1.54, 1.807) is 20.8 Å². The van der Waals surface area contributed by atoms with Gasteiger partial charge in [-0.05, 0) is 6.92 Å². The fourth-order valence-corrected chi connectivity index (χ4v) is 1.11. The predicted octanol–water partition coefficient (Wildman–Crippen LogP) is -0.106. The van der Waals surface area contributed by atoms with Crippen molar-refractivity contribution in [1.82, 2.24) is 5.32 Å². The molecule has 17 heavy (non-hydrogen) atoms. The number of nitrogens with one attached hydrogen (secondary N) is 1. The van der Waals surface area contributed by atoms with Crippen LogP contribution in [0.15, 0.2) is 5.16 Å². The van der Waals surface area contributed by atoms with E-state index >= 15 is 0 Å². The highest BCUT2D eigenvalue weighted by Crippen LogP contribution is 2.19. The van der Waals surface area contributed by atoms with Gasteiger partial charge in [-0.25, -0.2) is 0 Å². The van der Waals surface area contributed by atoms with Crippen molar-refractivity contribution in [3.05, 3.63) is 0 Å². The summed E-state index contributed by atoms with van der Waals surface area (Å²) >= 11 is 0. The van der Waals surface area contributed by atoms with Gasteiger partial charge < -0.3 is 20.4 Å². The van der Waals surface area contributed by atoms with E-state index in [1.807, 2.05) is 0 Å². The van der Waals surface area contributed by atoms with Gasteiger partial charge in [0.1, 0.15) is 13.2 Å². The molecular weight excluding hydrogens is 224 g/mol. The lowest BCUT2D eigenvalue weighted by molar-refractivity contribution is -0.137. The lowest BCUT2D eigenvalue weighted by Gasteiger charge is -2.27. The molecule has 0 rings (SSSR count). The number of carbonyl (C=O) groups is 1. The van der Waals surface area contributed by atoms with Crippen LogP contribution in [0.4, 0.5) is 0 Å². The monoisotopic (exact) mass is 246 g/mol. The van der Waals surface area contributed by atoms with Crippen LogP contribution in [-0.2, 0) is 9.63 Å². The quantitative estimate of drug-likeness (QED) is 0.432. The van der Waals surface area contributed by atoms with Gasteiger partial charge in [-0.1, -0.05) is 19.0 Å². The Morgan fingerprint density at radius 1 is 1.53 bits per heavy atom. The Morgan fingerprint density at radius 3 is 2.59 bits per heavy atom. The molecule has 0 aliphatic carbocycles. The lowest BCUT2D eigenvalue weighted by atomic mass is 9.87. The molecular formula is C11H22N2O4. The summed E-state index contributed by atoms with van der Waals surface area (Å²) in [6.45, 7) is 5.13. The van der Waals surface area contributed by atoms with Crippen LogP contribution in [0.5, 0.6) is 0 Å². The van der Waals surface area contributed by atoms with Crippen LogP contribution < -0.4 is 5.32 Å². The SMILES string of the molecule is CO/N=C(\C)CCNC(=O)[C@@H](O)C(C)(C)CO. The molecule has 0 aromatic rings. The molecule has 0 spiro atoms. The maximum atomic E-state index is 11.5. The Balaban J connectivity index is 4.07. The molecule has 100 valence electrons. The van der Waals surface area contributed by atoms with Gasteiger partial charge in [-0.2, -0.15) is 0 Å². The molecule has 6 nitrogen and oxygen atoms in total. The number of hydrogen-bond acceptors (Lipinski definition) is 5. The van der Waals surface area contributed by atoms with Gasteiger partial charge in [0.25, 0.3) is 0 Å². The maximum Gasteiger partial charge on any atom is 0.249 e. The number of nitrogens with zero attached hydrogens (tertiary/aromatic N) is 1. The molecule has 1 amide bonds. The minimum absolute atomic E-state index is 0.258. The third-order valence-electron chi connectivity index (χ3n) is 2.43. The average molecular weight is 246 g/mol. The van der Waals surface area contributed by atoms with E-state index in [-0.39, 0.29) is 6.61 Å². The summed E-state index contributed by atoms with van der Waals surface area (Å²) in [6, 6.07) is 0. The highest BCUT2D eigenvalue weighted by molar-refractivity contribution is 5.84. The zero-order chi connectivity index (χ0) is 13.5. The number of rotatable bonds is 7. The van der Waals surface area contributed by atoms with Gasteiger partial charge in [0.15, 0.2) is 0 Å². The first-order valence-electron chi connectivity index (χ1n) is 5.48. The van der Waals surface area contributed by atoms with Crippen molar-refractivity contribution < 1.29 is 19.8 Å². The third-order valence-corrected chi connectivity index (χ3v) is 2.43. The topological polar surface area (TPSA) is 91.2 Å². The van der Waals surface area contributed by atoms with Crippen molar-refractivity contribution in [3.8, 4) is 0 Å².